The molecule has 0 saturated heterocycles. The molecule has 26 heavy (non-hydrogen) atoms. The van der Waals surface area contributed by atoms with E-state index in [0.29, 0.717) is 21.8 Å². The summed E-state index contributed by atoms with van der Waals surface area (Å²) in [6, 6.07) is 5.79. The average Bonchev–Trinajstić information content (AvgIpc) is 2.81. The Hall–Kier alpha value is -1.39. The van der Waals surface area contributed by atoms with E-state index < -0.39 is 30.1 Å². The van der Waals surface area contributed by atoms with Crippen LogP contribution in [0.4, 0.5) is 17.6 Å². The molecule has 1 aliphatic carbocycles. The molecule has 0 heterocycles. The van der Waals surface area contributed by atoms with Gasteiger partial charge in [0.2, 0.25) is 0 Å². The number of rotatable bonds is 6. The summed E-state index contributed by atoms with van der Waals surface area (Å²) in [4.78, 5) is 0. The van der Waals surface area contributed by atoms with Crippen LogP contribution in [0.15, 0.2) is 30.3 Å². The van der Waals surface area contributed by atoms with Gasteiger partial charge in [0, 0.05) is 45.9 Å². The molecule has 0 fully saturated rings. The Balaban J connectivity index is 1.96. The maximum Gasteiger partial charge on any atom is 0.282 e. The smallest absolute Gasteiger partial charge is 0.282 e. The lowest BCUT2D eigenvalue weighted by molar-refractivity contribution is -0.175. The molecule has 0 aliphatic heterocycles. The summed E-state index contributed by atoms with van der Waals surface area (Å²) in [5.74, 6) is -4.76. The Morgan fingerprint density at radius 1 is 1.15 bits per heavy atom. The molecule has 0 bridgehead atoms. The van der Waals surface area contributed by atoms with E-state index in [1.54, 1.807) is 13.0 Å². The number of benzene rings is 2. The molecule has 2 aromatic carbocycles. The van der Waals surface area contributed by atoms with Crippen LogP contribution >= 0.6 is 22.6 Å². The van der Waals surface area contributed by atoms with Gasteiger partial charge in [-0.1, -0.05) is 0 Å². The minimum Gasteiger partial charge on any atom is -0.457 e. The van der Waals surface area contributed by atoms with E-state index in [2.05, 4.69) is 0 Å². The third-order valence-electron chi connectivity index (χ3n) is 3.91. The Kier molecular flexibility index (Phi) is 5.73. The summed E-state index contributed by atoms with van der Waals surface area (Å²) in [6.45, 7) is 1.82. The summed E-state index contributed by atoms with van der Waals surface area (Å²) >= 11 is 1.95. The first-order valence-corrected chi connectivity index (χ1v) is 8.92. The molecule has 1 atom stereocenters. The van der Waals surface area contributed by atoms with Crippen molar-refractivity contribution >= 4 is 22.6 Å². The molecular weight excluding hydrogens is 467 g/mol. The lowest BCUT2D eigenvalue weighted by Gasteiger charge is -2.21. The molecule has 0 radical (unpaired) electrons. The highest BCUT2D eigenvalue weighted by molar-refractivity contribution is 14.1. The van der Waals surface area contributed by atoms with Crippen molar-refractivity contribution in [3.05, 3.63) is 56.7 Å². The SMILES string of the molecule is CCOCO[C@H]1c2c(I)ccc(Oc3cc(F)cc(F)c3)c2CC1(F)F. The van der Waals surface area contributed by atoms with Crippen molar-refractivity contribution < 1.29 is 31.8 Å². The Morgan fingerprint density at radius 2 is 1.85 bits per heavy atom. The summed E-state index contributed by atoms with van der Waals surface area (Å²) in [5.41, 5.74) is 0.567. The maximum atomic E-state index is 14.5. The molecule has 0 saturated carbocycles. The lowest BCUT2D eigenvalue weighted by atomic mass is 10.1. The van der Waals surface area contributed by atoms with Gasteiger partial charge in [0.1, 0.15) is 29.9 Å². The number of hydrogen-bond donors (Lipinski definition) is 0. The molecule has 2 aromatic rings. The molecule has 0 N–H and O–H groups in total. The molecule has 0 amide bonds. The zero-order chi connectivity index (χ0) is 18.9. The monoisotopic (exact) mass is 482 g/mol. The predicted octanol–water partition coefficient (Wildman–Crippen LogP) is 5.60. The van der Waals surface area contributed by atoms with Crippen LogP contribution in [-0.4, -0.2) is 19.3 Å². The van der Waals surface area contributed by atoms with E-state index >= 15 is 0 Å². The fourth-order valence-electron chi connectivity index (χ4n) is 2.84. The van der Waals surface area contributed by atoms with Crippen LogP contribution in [0.5, 0.6) is 11.5 Å². The largest absolute Gasteiger partial charge is 0.457 e. The van der Waals surface area contributed by atoms with Crippen molar-refractivity contribution in [2.75, 3.05) is 13.4 Å². The van der Waals surface area contributed by atoms with Gasteiger partial charge in [0.05, 0.1) is 0 Å². The van der Waals surface area contributed by atoms with Crippen molar-refractivity contribution in [1.82, 2.24) is 0 Å². The second-order valence-electron chi connectivity index (χ2n) is 5.74. The highest BCUT2D eigenvalue weighted by atomic mass is 127. The minimum absolute atomic E-state index is 0.104. The van der Waals surface area contributed by atoms with Crippen LogP contribution in [0.1, 0.15) is 24.2 Å². The van der Waals surface area contributed by atoms with E-state index in [9.17, 15) is 17.6 Å². The van der Waals surface area contributed by atoms with Crippen LogP contribution in [0.3, 0.4) is 0 Å². The molecule has 0 aromatic heterocycles. The van der Waals surface area contributed by atoms with Crippen molar-refractivity contribution in [3.63, 3.8) is 0 Å². The summed E-state index contributed by atoms with van der Waals surface area (Å²) < 4.78 is 72.1. The van der Waals surface area contributed by atoms with E-state index in [4.69, 9.17) is 14.2 Å². The van der Waals surface area contributed by atoms with Gasteiger partial charge in [-0.2, -0.15) is 0 Å². The van der Waals surface area contributed by atoms with Gasteiger partial charge >= 0.3 is 0 Å². The van der Waals surface area contributed by atoms with Gasteiger partial charge < -0.3 is 14.2 Å². The van der Waals surface area contributed by atoms with E-state index in [1.165, 1.54) is 6.07 Å². The van der Waals surface area contributed by atoms with E-state index in [0.717, 1.165) is 12.1 Å². The highest BCUT2D eigenvalue weighted by Gasteiger charge is 2.51. The Labute approximate surface area is 161 Å². The first kappa shape index (κ1) is 19.4. The highest BCUT2D eigenvalue weighted by Crippen LogP contribution is 2.50. The standard InChI is InChI=1S/C18H15F4IO3/c1-2-24-9-25-17-16-13(8-18(17,21)22)15(4-3-14(16)23)26-12-6-10(19)5-11(20)7-12/h3-7,17H,2,8-9H2,1H3/t17-/m0/s1. The van der Waals surface area contributed by atoms with Crippen molar-refractivity contribution in [2.45, 2.75) is 25.4 Å². The predicted molar refractivity (Wildman–Crippen MR) is 94.6 cm³/mol. The number of halogens is 5. The van der Waals surface area contributed by atoms with Gasteiger partial charge in [0.25, 0.3) is 5.92 Å². The third kappa shape index (κ3) is 3.96. The van der Waals surface area contributed by atoms with Crippen LogP contribution in [0.25, 0.3) is 0 Å². The molecule has 1 aliphatic rings. The molecule has 3 rings (SSSR count). The fraction of sp³-hybridized carbons (Fsp3) is 0.333. The first-order valence-electron chi connectivity index (χ1n) is 7.84. The first-order chi connectivity index (χ1) is 12.3. The quantitative estimate of drug-likeness (QED) is 0.232. The van der Waals surface area contributed by atoms with Crippen molar-refractivity contribution in [3.8, 4) is 11.5 Å². The summed E-state index contributed by atoms with van der Waals surface area (Å²) in [7, 11) is 0. The molecule has 140 valence electrons. The van der Waals surface area contributed by atoms with Gasteiger partial charge in [-0.15, -0.1) is 0 Å². The van der Waals surface area contributed by atoms with Crippen LogP contribution in [0, 0.1) is 15.2 Å². The van der Waals surface area contributed by atoms with Crippen molar-refractivity contribution in [2.24, 2.45) is 0 Å². The normalized spacial score (nSPS) is 18.0. The Bertz CT molecular complexity index is 793. The molecule has 0 spiro atoms. The van der Waals surface area contributed by atoms with Crippen molar-refractivity contribution in [1.29, 1.82) is 0 Å². The van der Waals surface area contributed by atoms with Crippen LogP contribution in [0.2, 0.25) is 0 Å². The summed E-state index contributed by atoms with van der Waals surface area (Å²) in [6.07, 6.45) is -2.06. The van der Waals surface area contributed by atoms with Gasteiger partial charge in [-0.3, -0.25) is 0 Å². The lowest BCUT2D eigenvalue weighted by Crippen LogP contribution is -2.25. The number of fused-ring (bicyclic) bond motifs is 1. The minimum atomic E-state index is -3.15. The fourth-order valence-corrected chi connectivity index (χ4v) is 3.62. The molecule has 0 unspecified atom stereocenters. The number of ether oxygens (including phenoxy) is 3. The topological polar surface area (TPSA) is 27.7 Å². The Morgan fingerprint density at radius 3 is 2.50 bits per heavy atom. The maximum absolute atomic E-state index is 14.5. The second-order valence-corrected chi connectivity index (χ2v) is 6.90. The van der Waals surface area contributed by atoms with Gasteiger partial charge in [-0.25, -0.2) is 17.6 Å². The molecule has 8 heteroatoms. The average molecular weight is 482 g/mol. The van der Waals surface area contributed by atoms with E-state index in [1.807, 2.05) is 22.6 Å². The zero-order valence-electron chi connectivity index (χ0n) is 13.7. The summed E-state index contributed by atoms with van der Waals surface area (Å²) in [5, 5.41) is 0. The number of hydrogen-bond acceptors (Lipinski definition) is 3. The molecular formula is C18H15F4IO3. The third-order valence-corrected chi connectivity index (χ3v) is 4.85. The van der Waals surface area contributed by atoms with Crippen LogP contribution in [-0.2, 0) is 15.9 Å². The number of alkyl halides is 2. The van der Waals surface area contributed by atoms with Gasteiger partial charge in [-0.05, 0) is 41.6 Å². The second kappa shape index (κ2) is 7.69. The van der Waals surface area contributed by atoms with E-state index in [-0.39, 0.29) is 23.9 Å². The zero-order valence-corrected chi connectivity index (χ0v) is 15.9. The van der Waals surface area contributed by atoms with Gasteiger partial charge in [0.15, 0.2) is 6.10 Å². The van der Waals surface area contributed by atoms with Crippen LogP contribution < -0.4 is 4.74 Å². The molecule has 3 nitrogen and oxygen atoms in total.